The average molecular weight is 402 g/mol. The molecular formula is C21H27N3O3S. The quantitative estimate of drug-likeness (QED) is 0.836. The van der Waals surface area contributed by atoms with Crippen molar-refractivity contribution in [1.29, 1.82) is 0 Å². The molecule has 1 N–H and O–H groups in total. The lowest BCUT2D eigenvalue weighted by Crippen LogP contribution is -2.54. The number of sulfonamides is 1. The molecule has 1 aliphatic rings. The van der Waals surface area contributed by atoms with E-state index in [0.29, 0.717) is 31.1 Å². The maximum atomic E-state index is 13.0. The fourth-order valence-electron chi connectivity index (χ4n) is 3.39. The number of hydrogen-bond donors (Lipinski definition) is 1. The van der Waals surface area contributed by atoms with Gasteiger partial charge in [-0.25, -0.2) is 8.42 Å². The highest BCUT2D eigenvalue weighted by Gasteiger charge is 2.32. The number of piperazine rings is 1. The second-order valence-electron chi connectivity index (χ2n) is 7.24. The van der Waals surface area contributed by atoms with Gasteiger partial charge in [-0.3, -0.25) is 9.69 Å². The molecule has 1 aliphatic heterocycles. The maximum Gasteiger partial charge on any atom is 0.243 e. The van der Waals surface area contributed by atoms with Gasteiger partial charge in [0.15, 0.2) is 0 Å². The lowest BCUT2D eigenvalue weighted by molar-refractivity contribution is -0.121. The fraction of sp³-hybridized carbons (Fsp3) is 0.381. The van der Waals surface area contributed by atoms with Crippen molar-refractivity contribution in [3.8, 4) is 0 Å². The summed E-state index contributed by atoms with van der Waals surface area (Å²) >= 11 is 0. The number of benzene rings is 2. The first-order valence-electron chi connectivity index (χ1n) is 9.46. The van der Waals surface area contributed by atoms with Gasteiger partial charge in [0.25, 0.3) is 0 Å². The second kappa shape index (κ2) is 8.43. The van der Waals surface area contributed by atoms with Crippen LogP contribution in [0.15, 0.2) is 53.4 Å². The summed E-state index contributed by atoms with van der Waals surface area (Å²) in [6, 6.07) is 14.5. The van der Waals surface area contributed by atoms with Crippen molar-refractivity contribution in [2.45, 2.75) is 31.7 Å². The van der Waals surface area contributed by atoms with Crippen LogP contribution in [0.4, 0.5) is 5.69 Å². The summed E-state index contributed by atoms with van der Waals surface area (Å²) < 4.78 is 27.6. The Kier molecular flexibility index (Phi) is 6.17. The summed E-state index contributed by atoms with van der Waals surface area (Å²) in [5.41, 5.74) is 2.44. The molecule has 1 amide bonds. The lowest BCUT2D eigenvalue weighted by Gasteiger charge is -2.37. The monoisotopic (exact) mass is 401 g/mol. The zero-order chi connectivity index (χ0) is 20.3. The summed E-state index contributed by atoms with van der Waals surface area (Å²) in [6.45, 7) is 7.35. The second-order valence-corrected chi connectivity index (χ2v) is 9.15. The van der Waals surface area contributed by atoms with Crippen molar-refractivity contribution in [2.24, 2.45) is 0 Å². The van der Waals surface area contributed by atoms with Crippen LogP contribution in [-0.4, -0.2) is 55.8 Å². The molecule has 2 aromatic rings. The summed E-state index contributed by atoms with van der Waals surface area (Å²) in [7, 11) is -3.53. The van der Waals surface area contributed by atoms with E-state index in [0.717, 1.165) is 16.8 Å². The van der Waals surface area contributed by atoms with Crippen LogP contribution in [0.3, 0.4) is 0 Å². The smallest absolute Gasteiger partial charge is 0.243 e. The van der Waals surface area contributed by atoms with Gasteiger partial charge < -0.3 is 5.32 Å². The van der Waals surface area contributed by atoms with Gasteiger partial charge in [-0.05, 0) is 50.1 Å². The molecule has 2 aromatic carbocycles. The molecule has 0 spiro atoms. The summed E-state index contributed by atoms with van der Waals surface area (Å²) in [6.07, 6.45) is 0. The van der Waals surface area contributed by atoms with Crippen molar-refractivity contribution >= 4 is 21.6 Å². The van der Waals surface area contributed by atoms with E-state index >= 15 is 0 Å². The molecule has 1 fully saturated rings. The molecule has 0 aromatic heterocycles. The lowest BCUT2D eigenvalue weighted by atomic mass is 10.2. The molecule has 6 nitrogen and oxygen atoms in total. The third-order valence-electron chi connectivity index (χ3n) is 5.20. The number of nitrogens with zero attached hydrogens (tertiary/aromatic N) is 2. The minimum absolute atomic E-state index is 0.0861. The third kappa shape index (κ3) is 4.43. The molecule has 0 saturated carbocycles. The standard InChI is InChI=1S/C21H27N3O3S/c1-16-9-10-17(2)20(15-16)28(26,27)24-13-11-23(12-14-24)18(3)21(25)22-19-7-5-4-6-8-19/h4-10,15,18H,11-14H2,1-3H3,(H,22,25). The highest BCUT2D eigenvalue weighted by molar-refractivity contribution is 7.89. The van der Waals surface area contributed by atoms with Crippen molar-refractivity contribution in [1.82, 2.24) is 9.21 Å². The van der Waals surface area contributed by atoms with Gasteiger partial charge in [0, 0.05) is 31.9 Å². The van der Waals surface area contributed by atoms with Crippen LogP contribution in [0.5, 0.6) is 0 Å². The Bertz CT molecular complexity index is 937. The number of carbonyl (C=O) groups is 1. The molecular weight excluding hydrogens is 374 g/mol. The summed E-state index contributed by atoms with van der Waals surface area (Å²) in [5, 5.41) is 2.91. The Balaban J connectivity index is 1.63. The van der Waals surface area contributed by atoms with Crippen molar-refractivity contribution in [3.63, 3.8) is 0 Å². The van der Waals surface area contributed by atoms with Gasteiger partial charge in [0.05, 0.1) is 10.9 Å². The van der Waals surface area contributed by atoms with E-state index in [1.54, 1.807) is 6.07 Å². The third-order valence-corrected chi connectivity index (χ3v) is 7.24. The van der Waals surface area contributed by atoms with E-state index < -0.39 is 10.0 Å². The number of anilines is 1. The first kappa shape index (κ1) is 20.5. The first-order valence-corrected chi connectivity index (χ1v) is 10.9. The molecule has 1 unspecified atom stereocenters. The highest BCUT2D eigenvalue weighted by Crippen LogP contribution is 2.23. The van der Waals surface area contributed by atoms with E-state index in [9.17, 15) is 13.2 Å². The van der Waals surface area contributed by atoms with Crippen LogP contribution in [0.25, 0.3) is 0 Å². The Morgan fingerprint density at radius 3 is 2.29 bits per heavy atom. The Hall–Kier alpha value is -2.22. The van der Waals surface area contributed by atoms with E-state index in [1.165, 1.54) is 4.31 Å². The van der Waals surface area contributed by atoms with Crippen molar-refractivity contribution in [3.05, 3.63) is 59.7 Å². The van der Waals surface area contributed by atoms with Crippen LogP contribution >= 0.6 is 0 Å². The summed E-state index contributed by atoms with van der Waals surface area (Å²) in [4.78, 5) is 14.9. The Morgan fingerprint density at radius 1 is 1.00 bits per heavy atom. The first-order chi connectivity index (χ1) is 13.3. The van der Waals surface area contributed by atoms with Crippen molar-refractivity contribution in [2.75, 3.05) is 31.5 Å². The summed E-state index contributed by atoms with van der Waals surface area (Å²) in [5.74, 6) is -0.0861. The molecule has 1 heterocycles. The van der Waals surface area contributed by atoms with Gasteiger partial charge >= 0.3 is 0 Å². The van der Waals surface area contributed by atoms with Gasteiger partial charge in [-0.2, -0.15) is 4.31 Å². The number of carbonyl (C=O) groups excluding carboxylic acids is 1. The van der Waals surface area contributed by atoms with E-state index in [2.05, 4.69) is 5.32 Å². The van der Waals surface area contributed by atoms with Gasteiger partial charge in [-0.1, -0.05) is 30.3 Å². The maximum absolute atomic E-state index is 13.0. The molecule has 1 saturated heterocycles. The van der Waals surface area contributed by atoms with Gasteiger partial charge in [0.2, 0.25) is 15.9 Å². The van der Waals surface area contributed by atoms with E-state index in [4.69, 9.17) is 0 Å². The van der Waals surface area contributed by atoms with Crippen LogP contribution in [0, 0.1) is 13.8 Å². The zero-order valence-corrected chi connectivity index (χ0v) is 17.4. The predicted octanol–water partition coefficient (Wildman–Crippen LogP) is 2.64. The minimum atomic E-state index is -3.53. The number of hydrogen-bond acceptors (Lipinski definition) is 4. The van der Waals surface area contributed by atoms with Crippen molar-refractivity contribution < 1.29 is 13.2 Å². The zero-order valence-electron chi connectivity index (χ0n) is 16.6. The largest absolute Gasteiger partial charge is 0.325 e. The predicted molar refractivity (Wildman–Crippen MR) is 111 cm³/mol. The van der Waals surface area contributed by atoms with E-state index in [1.807, 2.05) is 68.1 Å². The molecule has 1 atom stereocenters. The molecule has 0 radical (unpaired) electrons. The molecule has 0 bridgehead atoms. The van der Waals surface area contributed by atoms with Crippen LogP contribution in [0.2, 0.25) is 0 Å². The number of aryl methyl sites for hydroxylation is 2. The fourth-order valence-corrected chi connectivity index (χ4v) is 5.12. The number of amides is 1. The highest BCUT2D eigenvalue weighted by atomic mass is 32.2. The molecule has 0 aliphatic carbocycles. The van der Waals surface area contributed by atoms with Gasteiger partial charge in [-0.15, -0.1) is 0 Å². The van der Waals surface area contributed by atoms with Crippen LogP contribution in [0.1, 0.15) is 18.1 Å². The minimum Gasteiger partial charge on any atom is -0.325 e. The number of rotatable bonds is 5. The SMILES string of the molecule is Cc1ccc(C)c(S(=O)(=O)N2CCN(C(C)C(=O)Nc3ccccc3)CC2)c1. The Labute approximate surface area is 167 Å². The van der Waals surface area contributed by atoms with Crippen LogP contribution < -0.4 is 5.32 Å². The van der Waals surface area contributed by atoms with E-state index in [-0.39, 0.29) is 11.9 Å². The van der Waals surface area contributed by atoms with Gasteiger partial charge in [0.1, 0.15) is 0 Å². The Morgan fingerprint density at radius 2 is 1.64 bits per heavy atom. The van der Waals surface area contributed by atoms with Crippen LogP contribution in [-0.2, 0) is 14.8 Å². The number of para-hydroxylation sites is 1. The topological polar surface area (TPSA) is 69.7 Å². The molecule has 7 heteroatoms. The molecule has 3 rings (SSSR count). The number of nitrogens with one attached hydrogen (secondary N) is 1. The average Bonchev–Trinajstić information content (AvgIpc) is 2.70. The normalized spacial score (nSPS) is 17.2. The molecule has 28 heavy (non-hydrogen) atoms. The molecule has 150 valence electrons.